The highest BCUT2D eigenvalue weighted by atomic mass is 16.2. The summed E-state index contributed by atoms with van der Waals surface area (Å²) in [4.78, 5) is 58.9. The molecule has 8 nitrogen and oxygen atoms in total. The topological polar surface area (TPSA) is 95.1 Å². The highest BCUT2D eigenvalue weighted by Crippen LogP contribution is 2.21. The maximum Gasteiger partial charge on any atom is 0.261 e. The minimum absolute atomic E-state index is 0. The zero-order chi connectivity index (χ0) is 22.7. The lowest BCUT2D eigenvalue weighted by molar-refractivity contribution is -0.136. The lowest BCUT2D eigenvalue weighted by atomic mass is 10.1. The van der Waals surface area contributed by atoms with Gasteiger partial charge in [-0.25, -0.2) is 0 Å². The molecule has 5 amide bonds. The molecule has 1 fully saturated rings. The van der Waals surface area contributed by atoms with Gasteiger partial charge in [0.15, 0.2) is 0 Å². The molecule has 0 saturated carbocycles. The third kappa shape index (κ3) is 5.95. The van der Waals surface area contributed by atoms with Crippen molar-refractivity contribution in [2.45, 2.75) is 41.7 Å². The molecule has 5 rings (SSSR count). The molecule has 3 aliphatic heterocycles. The Bertz CT molecular complexity index is 1030. The summed E-state index contributed by atoms with van der Waals surface area (Å²) in [5.41, 5.74) is 3.00. The van der Waals surface area contributed by atoms with E-state index in [4.69, 9.17) is 0 Å². The van der Waals surface area contributed by atoms with Gasteiger partial charge in [-0.15, -0.1) is 0 Å². The smallest absolute Gasteiger partial charge is 0.261 e. The van der Waals surface area contributed by atoms with Crippen LogP contribution in [0.2, 0.25) is 0 Å². The van der Waals surface area contributed by atoms with Crippen LogP contribution in [0.5, 0.6) is 0 Å². The fraction of sp³-hybridized carbons (Fsp3) is 0.346. The number of rotatable bonds is 0. The quantitative estimate of drug-likeness (QED) is 0.546. The van der Waals surface area contributed by atoms with Crippen LogP contribution in [-0.4, -0.2) is 65.4 Å². The van der Waals surface area contributed by atoms with Crippen LogP contribution in [0.25, 0.3) is 0 Å². The Balaban J connectivity index is 0.000000469. The van der Waals surface area contributed by atoms with Gasteiger partial charge in [-0.05, 0) is 23.8 Å². The molecule has 2 aromatic rings. The van der Waals surface area contributed by atoms with Gasteiger partial charge in [-0.3, -0.25) is 33.8 Å². The van der Waals surface area contributed by atoms with Gasteiger partial charge >= 0.3 is 0 Å². The largest absolute Gasteiger partial charge is 0.337 e. The Morgan fingerprint density at radius 3 is 1.35 bits per heavy atom. The molecule has 0 bridgehead atoms. The fourth-order valence-corrected chi connectivity index (χ4v) is 3.40. The molecule has 2 aromatic carbocycles. The molecular weight excluding hydrogens is 434 g/mol. The number of imide groups is 2. The van der Waals surface area contributed by atoms with Crippen molar-refractivity contribution in [1.29, 1.82) is 0 Å². The van der Waals surface area contributed by atoms with Crippen molar-refractivity contribution in [2.24, 2.45) is 0 Å². The molecule has 0 aromatic heterocycles. The lowest BCUT2D eigenvalue weighted by Gasteiger charge is -2.04. The molecule has 1 saturated heterocycles. The van der Waals surface area contributed by atoms with E-state index >= 15 is 0 Å². The Morgan fingerprint density at radius 1 is 0.559 bits per heavy atom. The van der Waals surface area contributed by atoms with Gasteiger partial charge in [-0.1, -0.05) is 52.6 Å². The number of carbonyl (C=O) groups is 5. The number of carbonyl (C=O) groups excluding carboxylic acids is 5. The molecule has 8 heteroatoms. The Morgan fingerprint density at radius 2 is 0.971 bits per heavy atom. The van der Waals surface area contributed by atoms with Gasteiger partial charge in [0.2, 0.25) is 11.8 Å². The number of benzene rings is 2. The maximum atomic E-state index is 11.3. The lowest BCUT2D eigenvalue weighted by Crippen LogP contribution is -2.24. The summed E-state index contributed by atoms with van der Waals surface area (Å²) in [5.74, 6) is -0.406. The first kappa shape index (κ1) is 30.2. The molecule has 0 unspecified atom stereocenters. The van der Waals surface area contributed by atoms with Crippen molar-refractivity contribution < 1.29 is 24.0 Å². The Kier molecular flexibility index (Phi) is 11.0. The normalized spacial score (nSPS) is 15.1. The molecule has 0 N–H and O–H groups in total. The van der Waals surface area contributed by atoms with E-state index in [-0.39, 0.29) is 51.8 Å². The van der Waals surface area contributed by atoms with Crippen molar-refractivity contribution >= 4 is 29.5 Å². The van der Waals surface area contributed by atoms with Gasteiger partial charge in [0.1, 0.15) is 0 Å². The molecule has 34 heavy (non-hydrogen) atoms. The summed E-state index contributed by atoms with van der Waals surface area (Å²) in [6, 6.07) is 14.6. The van der Waals surface area contributed by atoms with Gasteiger partial charge in [0.25, 0.3) is 17.7 Å². The summed E-state index contributed by atoms with van der Waals surface area (Å²) in [5, 5.41) is 0. The average Bonchev–Trinajstić information content (AvgIpc) is 3.33. The zero-order valence-corrected chi connectivity index (χ0v) is 17.6. The first-order chi connectivity index (χ1) is 14.7. The zero-order valence-electron chi connectivity index (χ0n) is 17.6. The molecular formula is C26H35N3O5. The van der Waals surface area contributed by atoms with Crippen molar-refractivity contribution in [3.05, 3.63) is 70.8 Å². The van der Waals surface area contributed by atoms with Crippen molar-refractivity contribution in [2.75, 3.05) is 21.1 Å². The Hall–Kier alpha value is -3.81. The van der Waals surface area contributed by atoms with Crippen molar-refractivity contribution in [3.8, 4) is 0 Å². The van der Waals surface area contributed by atoms with Gasteiger partial charge in [-0.2, -0.15) is 0 Å². The summed E-state index contributed by atoms with van der Waals surface area (Å²) >= 11 is 0. The summed E-state index contributed by atoms with van der Waals surface area (Å²) < 4.78 is 0. The van der Waals surface area contributed by atoms with Crippen LogP contribution in [0.15, 0.2) is 48.5 Å². The second kappa shape index (κ2) is 12.4. The number of fused-ring (bicyclic) bond motifs is 2. The predicted octanol–water partition coefficient (Wildman–Crippen LogP) is 3.86. The Labute approximate surface area is 202 Å². The SMILES string of the molecule is C.C.C.CN1C(=O)CCC1=O.CN1C(=O)c2ccccc2C1=O.CN1Cc2ccccc2C1=O. The first-order valence-electron chi connectivity index (χ1n) is 9.76. The number of hydrogen-bond acceptors (Lipinski definition) is 5. The van der Waals surface area contributed by atoms with E-state index in [1.807, 2.05) is 31.3 Å². The fourth-order valence-electron chi connectivity index (χ4n) is 3.40. The van der Waals surface area contributed by atoms with Gasteiger partial charge < -0.3 is 4.90 Å². The van der Waals surface area contributed by atoms with E-state index in [0.29, 0.717) is 24.0 Å². The van der Waals surface area contributed by atoms with E-state index < -0.39 is 0 Å². The molecule has 0 radical (unpaired) electrons. The van der Waals surface area contributed by atoms with Gasteiger partial charge in [0, 0.05) is 46.1 Å². The molecule has 0 spiro atoms. The number of nitrogens with zero attached hydrogens (tertiary/aromatic N) is 3. The third-order valence-corrected chi connectivity index (χ3v) is 5.30. The van der Waals surface area contributed by atoms with Crippen LogP contribution in [0.1, 0.15) is 71.8 Å². The minimum atomic E-state index is -0.212. The molecule has 3 heterocycles. The van der Waals surface area contributed by atoms with Crippen molar-refractivity contribution in [3.63, 3.8) is 0 Å². The summed E-state index contributed by atoms with van der Waals surface area (Å²) in [6.07, 6.45) is 0.796. The second-order valence-electron chi connectivity index (χ2n) is 7.38. The minimum Gasteiger partial charge on any atom is -0.337 e. The average molecular weight is 470 g/mol. The first-order valence-corrected chi connectivity index (χ1v) is 9.76. The third-order valence-electron chi connectivity index (χ3n) is 5.30. The maximum absolute atomic E-state index is 11.3. The number of likely N-dealkylation sites (tertiary alicyclic amines) is 1. The molecule has 3 aliphatic rings. The van der Waals surface area contributed by atoms with E-state index in [2.05, 4.69) is 0 Å². The van der Waals surface area contributed by atoms with Crippen LogP contribution in [0, 0.1) is 0 Å². The number of hydrogen-bond donors (Lipinski definition) is 0. The molecule has 184 valence electrons. The van der Waals surface area contributed by atoms with Crippen LogP contribution < -0.4 is 0 Å². The highest BCUT2D eigenvalue weighted by Gasteiger charge is 2.31. The van der Waals surface area contributed by atoms with E-state index in [1.54, 1.807) is 29.2 Å². The highest BCUT2D eigenvalue weighted by molar-refractivity contribution is 6.21. The number of amides is 5. The standard InChI is InChI=1S/C9H7NO2.C9H9NO.C5H7NO2.3CH4/c1-10-8(11)6-4-2-3-5-7(6)9(10)12;1-10-6-7-4-2-3-5-8(7)9(10)11;1-6-4(7)2-3-5(6)8;;;/h2-5H,1H3;2-5H,6H2,1H3;2-3H2,1H3;3*1H4. The second-order valence-corrected chi connectivity index (χ2v) is 7.38. The summed E-state index contributed by atoms with van der Waals surface area (Å²) in [6.45, 7) is 0.759. The van der Waals surface area contributed by atoms with E-state index in [9.17, 15) is 24.0 Å². The van der Waals surface area contributed by atoms with Gasteiger partial charge in [0.05, 0.1) is 11.1 Å². The van der Waals surface area contributed by atoms with Crippen LogP contribution in [0.3, 0.4) is 0 Å². The van der Waals surface area contributed by atoms with Crippen LogP contribution >= 0.6 is 0 Å². The van der Waals surface area contributed by atoms with Crippen molar-refractivity contribution in [1.82, 2.24) is 14.7 Å². The molecule has 0 aliphatic carbocycles. The van der Waals surface area contributed by atoms with E-state index in [1.165, 1.54) is 19.0 Å². The monoisotopic (exact) mass is 469 g/mol. The van der Waals surface area contributed by atoms with Crippen LogP contribution in [-0.2, 0) is 16.1 Å². The summed E-state index contributed by atoms with van der Waals surface area (Å²) in [7, 11) is 4.82. The van der Waals surface area contributed by atoms with Crippen LogP contribution in [0.4, 0.5) is 0 Å². The predicted molar refractivity (Wildman–Crippen MR) is 132 cm³/mol. The van der Waals surface area contributed by atoms with E-state index in [0.717, 1.165) is 22.6 Å². The molecule has 0 atom stereocenters.